The minimum absolute atomic E-state index is 0.230. The smallest absolute Gasteiger partial charge is 0.161 e. The first kappa shape index (κ1) is 20.2. The zero-order chi connectivity index (χ0) is 20.4. The molecule has 2 aromatic rings. The van der Waals surface area contributed by atoms with Gasteiger partial charge in [0.25, 0.3) is 0 Å². The van der Waals surface area contributed by atoms with Crippen LogP contribution in [0, 0.1) is 5.92 Å². The molecule has 0 aromatic heterocycles. The van der Waals surface area contributed by atoms with Crippen molar-refractivity contribution in [2.24, 2.45) is 5.92 Å². The van der Waals surface area contributed by atoms with Crippen LogP contribution in [0.2, 0.25) is 0 Å². The Balaban J connectivity index is 1.38. The van der Waals surface area contributed by atoms with Gasteiger partial charge in [-0.05, 0) is 67.1 Å². The molecule has 1 N–H and O–H groups in total. The first-order valence-electron chi connectivity index (χ1n) is 10.4. The molecule has 0 saturated carbocycles. The number of rotatable bonds is 6. The summed E-state index contributed by atoms with van der Waals surface area (Å²) in [6.45, 7) is 2.89. The van der Waals surface area contributed by atoms with Crippen LogP contribution in [-0.4, -0.2) is 43.0 Å². The van der Waals surface area contributed by atoms with Crippen LogP contribution in [0.5, 0.6) is 11.5 Å². The van der Waals surface area contributed by atoms with Gasteiger partial charge in [-0.1, -0.05) is 30.3 Å². The van der Waals surface area contributed by atoms with E-state index in [0.29, 0.717) is 29.4 Å². The molecule has 0 bridgehead atoms. The molecule has 1 aliphatic heterocycles. The Morgan fingerprint density at radius 1 is 1.07 bits per heavy atom. The Morgan fingerprint density at radius 3 is 2.38 bits per heavy atom. The lowest BCUT2D eigenvalue weighted by Crippen LogP contribution is -2.38. The quantitative estimate of drug-likeness (QED) is 0.786. The summed E-state index contributed by atoms with van der Waals surface area (Å²) in [6.07, 6.45) is 1.45. The number of piperidine rings is 1. The predicted molar refractivity (Wildman–Crippen MR) is 111 cm³/mol. The van der Waals surface area contributed by atoms with Gasteiger partial charge in [-0.25, -0.2) is 4.39 Å². The Morgan fingerprint density at radius 2 is 1.72 bits per heavy atom. The summed E-state index contributed by atoms with van der Waals surface area (Å²) in [5.74, 6) is 1.40. The average Bonchev–Trinajstić information content (AvgIpc) is 2.98. The lowest BCUT2D eigenvalue weighted by molar-refractivity contribution is -0.0206. The van der Waals surface area contributed by atoms with E-state index in [-0.39, 0.29) is 6.42 Å². The lowest BCUT2D eigenvalue weighted by Gasteiger charge is -2.35. The number of hydrogen-bond acceptors (Lipinski definition) is 4. The number of ether oxygens (including phenoxy) is 2. The predicted octanol–water partition coefficient (Wildman–Crippen LogP) is 4.30. The molecule has 0 spiro atoms. The minimum Gasteiger partial charge on any atom is -0.493 e. The van der Waals surface area contributed by atoms with Gasteiger partial charge in [0.1, 0.15) is 11.8 Å². The van der Waals surface area contributed by atoms with Crippen molar-refractivity contribution in [1.82, 2.24) is 4.90 Å². The van der Waals surface area contributed by atoms with E-state index in [1.54, 1.807) is 26.4 Å². The second-order valence-corrected chi connectivity index (χ2v) is 8.43. The zero-order valence-electron chi connectivity index (χ0n) is 17.2. The van der Waals surface area contributed by atoms with Crippen molar-refractivity contribution in [3.05, 3.63) is 59.2 Å². The molecule has 0 amide bonds. The highest BCUT2D eigenvalue weighted by Crippen LogP contribution is 2.49. The maximum Gasteiger partial charge on any atom is 0.161 e. The standard InChI is InChI=1S/C24H30FNO3/c1-28-21-12-19-15-24(25,23(27)20(19)13-22(21)29-2)14-17-8-10-26(11-9-17)16-18-6-4-3-5-7-18/h3-7,12-13,17,23,27H,8-11,14-16H2,1-2H3. The third-order valence-corrected chi connectivity index (χ3v) is 6.50. The molecule has 2 unspecified atom stereocenters. The normalized spacial score (nSPS) is 25.0. The fourth-order valence-electron chi connectivity index (χ4n) is 4.89. The second kappa shape index (κ2) is 8.33. The van der Waals surface area contributed by atoms with Gasteiger partial charge in [0.15, 0.2) is 11.5 Å². The molecular formula is C24H30FNO3. The molecule has 1 aliphatic carbocycles. The summed E-state index contributed by atoms with van der Waals surface area (Å²) in [6, 6.07) is 14.0. The average molecular weight is 400 g/mol. The Hall–Kier alpha value is -2.11. The molecule has 0 radical (unpaired) electrons. The van der Waals surface area contributed by atoms with E-state index in [1.165, 1.54) is 5.56 Å². The molecule has 29 heavy (non-hydrogen) atoms. The summed E-state index contributed by atoms with van der Waals surface area (Å²) in [4.78, 5) is 2.44. The number of methoxy groups -OCH3 is 2. The number of aliphatic hydroxyl groups excluding tert-OH is 1. The van der Waals surface area contributed by atoms with Crippen LogP contribution in [0.25, 0.3) is 0 Å². The number of halogens is 1. The van der Waals surface area contributed by atoms with E-state index in [1.807, 2.05) is 6.07 Å². The van der Waals surface area contributed by atoms with E-state index in [2.05, 4.69) is 29.2 Å². The van der Waals surface area contributed by atoms with Crippen LogP contribution in [0.1, 0.15) is 42.1 Å². The highest BCUT2D eigenvalue weighted by molar-refractivity contribution is 5.51. The van der Waals surface area contributed by atoms with Crippen molar-refractivity contribution in [3.8, 4) is 11.5 Å². The number of alkyl halides is 1. The molecule has 1 heterocycles. The summed E-state index contributed by atoms with van der Waals surface area (Å²) >= 11 is 0. The van der Waals surface area contributed by atoms with E-state index < -0.39 is 11.8 Å². The fourth-order valence-corrected chi connectivity index (χ4v) is 4.89. The molecule has 4 nitrogen and oxygen atoms in total. The van der Waals surface area contributed by atoms with Crippen LogP contribution in [-0.2, 0) is 13.0 Å². The molecule has 5 heteroatoms. The van der Waals surface area contributed by atoms with E-state index in [0.717, 1.165) is 38.0 Å². The number of nitrogens with zero attached hydrogens (tertiary/aromatic N) is 1. The first-order chi connectivity index (χ1) is 14.0. The molecule has 2 aliphatic rings. The minimum atomic E-state index is -1.62. The van der Waals surface area contributed by atoms with Gasteiger partial charge >= 0.3 is 0 Å². The van der Waals surface area contributed by atoms with Gasteiger partial charge in [0, 0.05) is 13.0 Å². The molecule has 2 aromatic carbocycles. The van der Waals surface area contributed by atoms with Crippen molar-refractivity contribution < 1.29 is 19.0 Å². The van der Waals surface area contributed by atoms with Crippen LogP contribution in [0.3, 0.4) is 0 Å². The number of fused-ring (bicyclic) bond motifs is 1. The van der Waals surface area contributed by atoms with Gasteiger partial charge in [0.05, 0.1) is 14.2 Å². The molecule has 2 atom stereocenters. The molecule has 156 valence electrons. The zero-order valence-corrected chi connectivity index (χ0v) is 17.2. The number of aliphatic hydroxyl groups is 1. The van der Waals surface area contributed by atoms with Crippen LogP contribution < -0.4 is 9.47 Å². The van der Waals surface area contributed by atoms with Crippen molar-refractivity contribution >= 4 is 0 Å². The summed E-state index contributed by atoms with van der Waals surface area (Å²) in [7, 11) is 3.12. The molecule has 4 rings (SSSR count). The first-order valence-corrected chi connectivity index (χ1v) is 10.4. The van der Waals surface area contributed by atoms with Crippen molar-refractivity contribution in [2.45, 2.75) is 44.0 Å². The maximum absolute atomic E-state index is 15.9. The van der Waals surface area contributed by atoms with E-state index >= 15 is 4.39 Å². The van der Waals surface area contributed by atoms with Gasteiger partial charge in [-0.3, -0.25) is 4.90 Å². The third kappa shape index (κ3) is 4.12. The van der Waals surface area contributed by atoms with E-state index in [4.69, 9.17) is 9.47 Å². The maximum atomic E-state index is 15.9. The molecular weight excluding hydrogens is 369 g/mol. The van der Waals surface area contributed by atoms with Gasteiger partial charge in [-0.15, -0.1) is 0 Å². The number of likely N-dealkylation sites (tertiary alicyclic amines) is 1. The monoisotopic (exact) mass is 399 g/mol. The lowest BCUT2D eigenvalue weighted by atomic mass is 9.83. The van der Waals surface area contributed by atoms with Crippen LogP contribution >= 0.6 is 0 Å². The van der Waals surface area contributed by atoms with Crippen molar-refractivity contribution in [3.63, 3.8) is 0 Å². The Labute approximate surface area is 172 Å². The largest absolute Gasteiger partial charge is 0.493 e. The highest BCUT2D eigenvalue weighted by atomic mass is 19.1. The van der Waals surface area contributed by atoms with Gasteiger partial charge < -0.3 is 14.6 Å². The SMILES string of the molecule is COc1cc2c(cc1OC)C(O)C(F)(CC1CCN(Cc3ccccc3)CC1)C2. The van der Waals surface area contributed by atoms with Crippen LogP contribution in [0.4, 0.5) is 4.39 Å². The fraction of sp³-hybridized carbons (Fsp3) is 0.500. The third-order valence-electron chi connectivity index (χ3n) is 6.50. The van der Waals surface area contributed by atoms with Gasteiger partial charge in [-0.2, -0.15) is 0 Å². The summed E-state index contributed by atoms with van der Waals surface area (Å²) in [5, 5.41) is 10.8. The molecule has 1 fully saturated rings. The Bertz CT molecular complexity index is 836. The van der Waals surface area contributed by atoms with Crippen molar-refractivity contribution in [2.75, 3.05) is 27.3 Å². The summed E-state index contributed by atoms with van der Waals surface area (Å²) in [5.41, 5.74) is 1.15. The topological polar surface area (TPSA) is 41.9 Å². The Kier molecular flexibility index (Phi) is 5.79. The number of benzene rings is 2. The second-order valence-electron chi connectivity index (χ2n) is 8.43. The summed E-state index contributed by atoms with van der Waals surface area (Å²) < 4.78 is 26.5. The molecule has 1 saturated heterocycles. The highest BCUT2D eigenvalue weighted by Gasteiger charge is 2.48. The van der Waals surface area contributed by atoms with E-state index in [9.17, 15) is 5.11 Å². The number of hydrogen-bond donors (Lipinski definition) is 1. The van der Waals surface area contributed by atoms with Gasteiger partial charge in [0.2, 0.25) is 0 Å². The van der Waals surface area contributed by atoms with Crippen molar-refractivity contribution in [1.29, 1.82) is 0 Å². The van der Waals surface area contributed by atoms with Crippen LogP contribution in [0.15, 0.2) is 42.5 Å².